The van der Waals surface area contributed by atoms with Crippen LogP contribution < -0.4 is 10.1 Å². The number of benzene rings is 2. The second-order valence-corrected chi connectivity index (χ2v) is 9.56. The lowest BCUT2D eigenvalue weighted by Gasteiger charge is -2.19. The average molecular weight is 535 g/mol. The van der Waals surface area contributed by atoms with Gasteiger partial charge in [0, 0.05) is 42.7 Å². The van der Waals surface area contributed by atoms with Crippen molar-refractivity contribution in [3.63, 3.8) is 0 Å². The molecule has 1 N–H and O–H groups in total. The predicted octanol–water partition coefficient (Wildman–Crippen LogP) is 4.02. The summed E-state index contributed by atoms with van der Waals surface area (Å²) in [7, 11) is -3.07. The molecule has 0 radical (unpaired) electrons. The zero-order chi connectivity index (χ0) is 27.1. The lowest BCUT2D eigenvalue weighted by molar-refractivity contribution is -0.384. The number of carbonyl (C=O) groups is 1. The van der Waals surface area contributed by atoms with Gasteiger partial charge in [-0.2, -0.15) is 8.42 Å². The fraction of sp³-hybridized carbons (Fsp3) is 0.115. The standard InChI is InChI=1S/C26H22N4O7S/c1-36-26-23(16-20(17-28-26)19-11-13-27-14-12-19)29-25(31)24(15-18-5-3-2-4-6-18)37-38(34,35)22-9-7-21(8-10-22)30(32)33/h2-14,16-17,24H,15H2,1H3,(H,29,31)/t24-/m1/s1. The van der Waals surface area contributed by atoms with Gasteiger partial charge in [-0.05, 0) is 41.5 Å². The average Bonchev–Trinajstić information content (AvgIpc) is 2.93. The van der Waals surface area contributed by atoms with E-state index in [9.17, 15) is 23.3 Å². The third-order valence-corrected chi connectivity index (χ3v) is 6.79. The lowest BCUT2D eigenvalue weighted by atomic mass is 10.1. The summed E-state index contributed by atoms with van der Waals surface area (Å²) in [6.45, 7) is 0. The van der Waals surface area contributed by atoms with E-state index in [-0.39, 0.29) is 28.6 Å². The molecule has 0 aliphatic heterocycles. The molecule has 38 heavy (non-hydrogen) atoms. The molecule has 0 saturated carbocycles. The van der Waals surface area contributed by atoms with E-state index in [0.29, 0.717) is 11.1 Å². The maximum absolute atomic E-state index is 13.4. The summed E-state index contributed by atoms with van der Waals surface area (Å²) in [5, 5.41) is 13.6. The minimum absolute atomic E-state index is 0.0708. The molecule has 0 spiro atoms. The Hall–Kier alpha value is -4.68. The molecule has 0 aliphatic rings. The van der Waals surface area contributed by atoms with Crippen molar-refractivity contribution in [1.29, 1.82) is 0 Å². The smallest absolute Gasteiger partial charge is 0.297 e. The number of non-ortho nitro benzene ring substituents is 1. The Morgan fingerprint density at radius 3 is 2.34 bits per heavy atom. The number of anilines is 1. The molecule has 2 aromatic heterocycles. The Bertz CT molecular complexity index is 1530. The zero-order valence-electron chi connectivity index (χ0n) is 20.1. The largest absolute Gasteiger partial charge is 0.480 e. The molecule has 1 amide bonds. The third kappa shape index (κ3) is 6.35. The minimum atomic E-state index is -4.46. The van der Waals surface area contributed by atoms with Gasteiger partial charge in [0.15, 0.2) is 6.10 Å². The van der Waals surface area contributed by atoms with Gasteiger partial charge in [0.25, 0.3) is 21.7 Å². The van der Waals surface area contributed by atoms with Crippen LogP contribution in [0.4, 0.5) is 11.4 Å². The minimum Gasteiger partial charge on any atom is -0.480 e. The van der Waals surface area contributed by atoms with Crippen LogP contribution in [0.15, 0.2) is 96.3 Å². The number of carbonyl (C=O) groups excluding carboxylic acids is 1. The third-order valence-electron chi connectivity index (χ3n) is 5.45. The van der Waals surface area contributed by atoms with Crippen molar-refractivity contribution in [2.45, 2.75) is 17.4 Å². The van der Waals surface area contributed by atoms with E-state index in [1.165, 1.54) is 7.11 Å². The maximum Gasteiger partial charge on any atom is 0.297 e. The lowest BCUT2D eigenvalue weighted by Crippen LogP contribution is -2.34. The number of amides is 1. The van der Waals surface area contributed by atoms with Gasteiger partial charge in [-0.15, -0.1) is 0 Å². The molecule has 12 heteroatoms. The maximum atomic E-state index is 13.4. The molecule has 0 unspecified atom stereocenters. The van der Waals surface area contributed by atoms with Gasteiger partial charge in [-0.3, -0.25) is 24.1 Å². The van der Waals surface area contributed by atoms with Gasteiger partial charge in [0.1, 0.15) is 5.69 Å². The van der Waals surface area contributed by atoms with Crippen LogP contribution >= 0.6 is 0 Å². The first-order chi connectivity index (χ1) is 18.3. The van der Waals surface area contributed by atoms with Gasteiger partial charge in [-0.25, -0.2) is 4.98 Å². The van der Waals surface area contributed by atoms with E-state index in [4.69, 9.17) is 8.92 Å². The summed E-state index contributed by atoms with van der Waals surface area (Å²) in [4.78, 5) is 31.6. The van der Waals surface area contributed by atoms with E-state index in [0.717, 1.165) is 29.8 Å². The molecule has 2 heterocycles. The molecule has 11 nitrogen and oxygen atoms in total. The van der Waals surface area contributed by atoms with Gasteiger partial charge in [0.2, 0.25) is 5.88 Å². The number of methoxy groups -OCH3 is 1. The molecule has 2 aromatic carbocycles. The van der Waals surface area contributed by atoms with Crippen molar-refractivity contribution in [2.75, 3.05) is 12.4 Å². The van der Waals surface area contributed by atoms with Gasteiger partial charge < -0.3 is 10.1 Å². The van der Waals surface area contributed by atoms with Gasteiger partial charge in [-0.1, -0.05) is 30.3 Å². The quantitative estimate of drug-likeness (QED) is 0.181. The van der Waals surface area contributed by atoms with Crippen LogP contribution in [0.3, 0.4) is 0 Å². The van der Waals surface area contributed by atoms with Crippen molar-refractivity contribution < 1.29 is 27.1 Å². The van der Waals surface area contributed by atoms with E-state index >= 15 is 0 Å². The number of nitro benzene ring substituents is 1. The monoisotopic (exact) mass is 534 g/mol. The zero-order valence-corrected chi connectivity index (χ0v) is 20.9. The van der Waals surface area contributed by atoms with E-state index < -0.39 is 27.1 Å². The first-order valence-corrected chi connectivity index (χ1v) is 12.6. The molecule has 4 aromatic rings. The Kier molecular flexibility index (Phi) is 8.04. The number of rotatable bonds is 10. The number of aromatic nitrogens is 2. The van der Waals surface area contributed by atoms with Crippen molar-refractivity contribution in [3.05, 3.63) is 107 Å². The number of nitrogens with zero attached hydrogens (tertiary/aromatic N) is 3. The fourth-order valence-corrected chi connectivity index (χ4v) is 4.60. The van der Waals surface area contributed by atoms with Crippen LogP contribution in [0, 0.1) is 10.1 Å². The number of hydrogen-bond acceptors (Lipinski definition) is 9. The summed E-state index contributed by atoms with van der Waals surface area (Å²) >= 11 is 0. The summed E-state index contributed by atoms with van der Waals surface area (Å²) in [5.74, 6) is -0.640. The number of nitro groups is 1. The van der Waals surface area contributed by atoms with Crippen LogP contribution in [0.25, 0.3) is 11.1 Å². The second kappa shape index (κ2) is 11.6. The highest BCUT2D eigenvalue weighted by Gasteiger charge is 2.29. The normalized spacial score (nSPS) is 11.9. The molecule has 4 rings (SSSR count). The van der Waals surface area contributed by atoms with E-state index in [1.807, 2.05) is 0 Å². The molecule has 0 bridgehead atoms. The van der Waals surface area contributed by atoms with Crippen molar-refractivity contribution in [3.8, 4) is 17.0 Å². The SMILES string of the molecule is COc1ncc(-c2ccncc2)cc1NC(=O)[C@@H](Cc1ccccc1)OS(=O)(=O)c1ccc([N+](=O)[O-])cc1. The predicted molar refractivity (Wildman–Crippen MR) is 138 cm³/mol. The summed E-state index contributed by atoms with van der Waals surface area (Å²) < 4.78 is 36.7. The number of nitrogens with one attached hydrogen (secondary N) is 1. The molecule has 194 valence electrons. The van der Waals surface area contributed by atoms with Crippen LogP contribution in [0.2, 0.25) is 0 Å². The Morgan fingerprint density at radius 2 is 1.71 bits per heavy atom. The van der Waals surface area contributed by atoms with Crippen molar-refractivity contribution >= 4 is 27.4 Å². The topological polar surface area (TPSA) is 151 Å². The van der Waals surface area contributed by atoms with E-state index in [2.05, 4.69) is 15.3 Å². The van der Waals surface area contributed by atoms with Crippen molar-refractivity contribution in [1.82, 2.24) is 9.97 Å². The van der Waals surface area contributed by atoms with Crippen LogP contribution in [0.5, 0.6) is 5.88 Å². The van der Waals surface area contributed by atoms with E-state index in [1.54, 1.807) is 67.1 Å². The number of ether oxygens (including phenoxy) is 1. The number of pyridine rings is 2. The summed E-state index contributed by atoms with van der Waals surface area (Å²) in [6, 6.07) is 18.1. The highest BCUT2D eigenvalue weighted by Crippen LogP contribution is 2.29. The fourth-order valence-electron chi connectivity index (χ4n) is 3.56. The second-order valence-electron chi connectivity index (χ2n) is 7.99. The summed E-state index contributed by atoms with van der Waals surface area (Å²) in [6.07, 6.45) is 3.25. The summed E-state index contributed by atoms with van der Waals surface area (Å²) in [5.41, 5.74) is 2.05. The first-order valence-electron chi connectivity index (χ1n) is 11.2. The van der Waals surface area contributed by atoms with Crippen LogP contribution in [0.1, 0.15) is 5.56 Å². The molecule has 0 fully saturated rings. The highest BCUT2D eigenvalue weighted by molar-refractivity contribution is 7.86. The highest BCUT2D eigenvalue weighted by atomic mass is 32.2. The van der Waals surface area contributed by atoms with Crippen molar-refractivity contribution in [2.24, 2.45) is 0 Å². The molecule has 1 atom stereocenters. The number of hydrogen-bond donors (Lipinski definition) is 1. The Balaban J connectivity index is 1.64. The first kappa shape index (κ1) is 26.4. The van der Waals surface area contributed by atoms with Gasteiger partial charge in [0.05, 0.1) is 16.9 Å². The molecule has 0 aliphatic carbocycles. The van der Waals surface area contributed by atoms with Crippen LogP contribution in [-0.2, 0) is 25.5 Å². The van der Waals surface area contributed by atoms with Crippen LogP contribution in [-0.4, -0.2) is 42.4 Å². The molecular weight excluding hydrogens is 512 g/mol. The molecular formula is C26H22N4O7S. The Labute approximate surface area is 218 Å². The Morgan fingerprint density at radius 1 is 1.03 bits per heavy atom. The molecule has 0 saturated heterocycles. The van der Waals surface area contributed by atoms with Gasteiger partial charge >= 0.3 is 0 Å².